The van der Waals surface area contributed by atoms with Gasteiger partial charge in [0.25, 0.3) is 0 Å². The van der Waals surface area contributed by atoms with E-state index in [0.717, 1.165) is 5.56 Å². The number of carbonyl (C=O) groups is 1. The van der Waals surface area contributed by atoms with Crippen molar-refractivity contribution in [1.82, 2.24) is 0 Å². The highest BCUT2D eigenvalue weighted by atomic mass is 79.9. The minimum absolute atomic E-state index is 0.0885. The molecule has 4 atom stereocenters. The van der Waals surface area contributed by atoms with Crippen LogP contribution in [-0.2, 0) is 20.8 Å². The first-order valence-corrected chi connectivity index (χ1v) is 9.26. The zero-order chi connectivity index (χ0) is 18.6. The van der Waals surface area contributed by atoms with Gasteiger partial charge in [0.15, 0.2) is 5.67 Å². The topological polar surface area (TPSA) is 44.8 Å². The molecule has 138 valence electrons. The molecule has 3 rings (SSSR count). The molecule has 1 heterocycles. The second-order valence-corrected chi connectivity index (χ2v) is 7.16. The number of carbonyl (C=O) groups excluding carboxylic acids is 1. The van der Waals surface area contributed by atoms with Crippen molar-refractivity contribution in [1.29, 1.82) is 0 Å². The van der Waals surface area contributed by atoms with Crippen LogP contribution in [0.15, 0.2) is 60.7 Å². The lowest BCUT2D eigenvalue weighted by molar-refractivity contribution is -0.0708. The smallest absolute Gasteiger partial charge is 0.338 e. The van der Waals surface area contributed by atoms with Crippen molar-refractivity contribution < 1.29 is 23.4 Å². The predicted octanol–water partition coefficient (Wildman–Crippen LogP) is 4.28. The molecular weight excluding hydrogens is 403 g/mol. The molecule has 6 heteroatoms. The number of hydrogen-bond donors (Lipinski definition) is 0. The number of rotatable bonds is 6. The summed E-state index contributed by atoms with van der Waals surface area (Å²) in [6, 6.07) is 18.1. The van der Waals surface area contributed by atoms with Crippen LogP contribution in [0, 0.1) is 0 Å². The minimum atomic E-state index is -1.75. The summed E-state index contributed by atoms with van der Waals surface area (Å²) in [6.07, 6.45) is -1.57. The molecule has 0 aromatic heterocycles. The average Bonchev–Trinajstić information content (AvgIpc) is 2.88. The standard InChI is InChI=1S/C20H20BrFO4/c1-20(22)17(24-12-14-8-4-2-5-9-14)16(26-19(20)21)13-25-18(23)15-10-6-3-7-11-15/h2-11,16-17,19H,12-13H2,1H3/t16-,17-,19+,20-/m1/s1. The van der Waals surface area contributed by atoms with Crippen molar-refractivity contribution in [3.05, 3.63) is 71.8 Å². The number of ether oxygens (including phenoxy) is 3. The Balaban J connectivity index is 1.63. The molecule has 26 heavy (non-hydrogen) atoms. The first-order valence-electron chi connectivity index (χ1n) is 8.34. The molecule has 2 aromatic carbocycles. The predicted molar refractivity (Wildman–Crippen MR) is 98.8 cm³/mol. The van der Waals surface area contributed by atoms with Gasteiger partial charge in [0, 0.05) is 0 Å². The molecular formula is C20H20BrFO4. The summed E-state index contributed by atoms with van der Waals surface area (Å²) < 4.78 is 31.7. The van der Waals surface area contributed by atoms with Crippen LogP contribution < -0.4 is 0 Å². The summed E-state index contributed by atoms with van der Waals surface area (Å²) in [5.74, 6) is -0.477. The summed E-state index contributed by atoms with van der Waals surface area (Å²) in [5.41, 5.74) is -0.384. The molecule has 0 spiro atoms. The Hall–Kier alpha value is -1.76. The van der Waals surface area contributed by atoms with Gasteiger partial charge in [-0.1, -0.05) is 64.5 Å². The molecule has 0 bridgehead atoms. The van der Waals surface area contributed by atoms with Crippen LogP contribution in [0.1, 0.15) is 22.8 Å². The Morgan fingerprint density at radius 2 is 1.77 bits per heavy atom. The Kier molecular flexibility index (Phi) is 6.06. The average molecular weight is 423 g/mol. The molecule has 1 aliphatic heterocycles. The van der Waals surface area contributed by atoms with Crippen LogP contribution in [-0.4, -0.2) is 35.5 Å². The summed E-state index contributed by atoms with van der Waals surface area (Å²) in [6.45, 7) is 1.58. The van der Waals surface area contributed by atoms with Crippen LogP contribution in [0.4, 0.5) is 4.39 Å². The maximum Gasteiger partial charge on any atom is 0.338 e. The third-order valence-electron chi connectivity index (χ3n) is 4.29. The molecule has 0 N–H and O–H groups in total. The van der Waals surface area contributed by atoms with Crippen LogP contribution >= 0.6 is 15.9 Å². The molecule has 0 radical (unpaired) electrons. The lowest BCUT2D eigenvalue weighted by Gasteiger charge is -2.26. The van der Waals surface area contributed by atoms with Crippen molar-refractivity contribution in [2.24, 2.45) is 0 Å². The summed E-state index contributed by atoms with van der Waals surface area (Å²) >= 11 is 3.20. The fourth-order valence-electron chi connectivity index (χ4n) is 2.82. The molecule has 1 aliphatic rings. The van der Waals surface area contributed by atoms with E-state index in [2.05, 4.69) is 15.9 Å². The Labute approximate surface area is 160 Å². The van der Waals surface area contributed by atoms with Crippen molar-refractivity contribution >= 4 is 21.9 Å². The summed E-state index contributed by atoms with van der Waals surface area (Å²) in [5, 5.41) is -0.837. The minimum Gasteiger partial charge on any atom is -0.459 e. The van der Waals surface area contributed by atoms with Gasteiger partial charge in [0.2, 0.25) is 0 Å². The van der Waals surface area contributed by atoms with Gasteiger partial charge in [-0.15, -0.1) is 0 Å². The fraction of sp³-hybridized carbons (Fsp3) is 0.350. The lowest BCUT2D eigenvalue weighted by Crippen LogP contribution is -2.43. The van der Waals surface area contributed by atoms with Gasteiger partial charge in [-0.3, -0.25) is 0 Å². The number of hydrogen-bond acceptors (Lipinski definition) is 4. The number of halogens is 2. The van der Waals surface area contributed by atoms with Gasteiger partial charge in [-0.25, -0.2) is 9.18 Å². The summed E-state index contributed by atoms with van der Waals surface area (Å²) in [7, 11) is 0. The fourth-order valence-corrected chi connectivity index (χ4v) is 3.36. The molecule has 0 saturated carbocycles. The highest BCUT2D eigenvalue weighted by Crippen LogP contribution is 2.40. The number of benzene rings is 2. The van der Waals surface area contributed by atoms with Crippen molar-refractivity contribution in [3.8, 4) is 0 Å². The van der Waals surface area contributed by atoms with Gasteiger partial charge in [-0.2, -0.15) is 0 Å². The van der Waals surface area contributed by atoms with Crippen LogP contribution in [0.3, 0.4) is 0 Å². The molecule has 1 saturated heterocycles. The molecule has 4 nitrogen and oxygen atoms in total. The summed E-state index contributed by atoms with van der Waals surface area (Å²) in [4.78, 5) is 12.1. The van der Waals surface area contributed by atoms with E-state index >= 15 is 4.39 Å². The molecule has 0 amide bonds. The van der Waals surface area contributed by atoms with E-state index in [1.165, 1.54) is 6.92 Å². The SMILES string of the molecule is C[C@@]1(F)[C@H](OCc2ccccc2)[C@@H](COC(=O)c2ccccc2)O[C@@H]1Br. The molecule has 2 aromatic rings. The van der Waals surface area contributed by atoms with E-state index in [-0.39, 0.29) is 13.2 Å². The van der Waals surface area contributed by atoms with Gasteiger partial charge >= 0.3 is 5.97 Å². The number of esters is 1. The first kappa shape index (κ1) is 19.0. The third kappa shape index (κ3) is 4.31. The molecule has 0 unspecified atom stereocenters. The van der Waals surface area contributed by atoms with E-state index in [1.807, 2.05) is 36.4 Å². The van der Waals surface area contributed by atoms with Gasteiger partial charge in [-0.05, 0) is 24.6 Å². The second kappa shape index (κ2) is 8.29. The third-order valence-corrected chi connectivity index (χ3v) is 5.40. The largest absolute Gasteiger partial charge is 0.459 e. The highest BCUT2D eigenvalue weighted by molar-refractivity contribution is 9.09. The Morgan fingerprint density at radius 1 is 1.15 bits per heavy atom. The monoisotopic (exact) mass is 422 g/mol. The first-order chi connectivity index (χ1) is 12.5. The molecule has 1 fully saturated rings. The van der Waals surface area contributed by atoms with Gasteiger partial charge in [0.1, 0.15) is 23.8 Å². The van der Waals surface area contributed by atoms with Crippen LogP contribution in [0.25, 0.3) is 0 Å². The zero-order valence-electron chi connectivity index (χ0n) is 14.3. The van der Waals surface area contributed by atoms with E-state index in [9.17, 15) is 4.79 Å². The van der Waals surface area contributed by atoms with E-state index in [0.29, 0.717) is 5.56 Å². The van der Waals surface area contributed by atoms with Gasteiger partial charge < -0.3 is 14.2 Å². The van der Waals surface area contributed by atoms with E-state index in [1.54, 1.807) is 24.3 Å². The number of alkyl halides is 2. The molecule has 0 aliphatic carbocycles. The van der Waals surface area contributed by atoms with Crippen LogP contribution in [0.5, 0.6) is 0 Å². The Bertz CT molecular complexity index is 723. The van der Waals surface area contributed by atoms with Crippen molar-refractivity contribution in [2.75, 3.05) is 6.61 Å². The van der Waals surface area contributed by atoms with Gasteiger partial charge in [0.05, 0.1) is 12.2 Å². The van der Waals surface area contributed by atoms with Crippen LogP contribution in [0.2, 0.25) is 0 Å². The Morgan fingerprint density at radius 3 is 2.42 bits per heavy atom. The second-order valence-electron chi connectivity index (χ2n) is 6.32. The maximum absolute atomic E-state index is 15.0. The quantitative estimate of drug-likeness (QED) is 0.514. The lowest BCUT2D eigenvalue weighted by atomic mass is 10.0. The maximum atomic E-state index is 15.0. The van der Waals surface area contributed by atoms with Crippen molar-refractivity contribution in [2.45, 2.75) is 36.4 Å². The van der Waals surface area contributed by atoms with Crippen molar-refractivity contribution in [3.63, 3.8) is 0 Å². The zero-order valence-corrected chi connectivity index (χ0v) is 15.9. The normalized spacial score (nSPS) is 28.0. The van der Waals surface area contributed by atoms with E-state index < -0.39 is 28.9 Å². The highest BCUT2D eigenvalue weighted by Gasteiger charge is 2.54. The van der Waals surface area contributed by atoms with E-state index in [4.69, 9.17) is 14.2 Å².